The molecule has 2 saturated carbocycles. The van der Waals surface area contributed by atoms with Crippen molar-refractivity contribution in [2.75, 3.05) is 7.05 Å². The summed E-state index contributed by atoms with van der Waals surface area (Å²) >= 11 is 0. The summed E-state index contributed by atoms with van der Waals surface area (Å²) in [5, 5.41) is 12.1. The second-order valence-corrected chi connectivity index (χ2v) is 12.1. The number of fused-ring (bicyclic) bond motifs is 4. The molecule has 1 spiro atoms. The number of amides is 1. The minimum atomic E-state index is -2.00. The summed E-state index contributed by atoms with van der Waals surface area (Å²) in [5.74, 6) is -2.10. The highest BCUT2D eigenvalue weighted by molar-refractivity contribution is 6.14. The molecule has 0 unspecified atom stereocenters. The van der Waals surface area contributed by atoms with E-state index in [0.29, 0.717) is 11.8 Å². The van der Waals surface area contributed by atoms with Crippen molar-refractivity contribution in [3.05, 3.63) is 12.2 Å². The highest BCUT2D eigenvalue weighted by atomic mass is 17.2. The smallest absolute Gasteiger partial charge is 0.242 e. The van der Waals surface area contributed by atoms with Crippen LogP contribution in [0.15, 0.2) is 12.2 Å². The number of hydrogen-bond donors (Lipinski definition) is 1. The molecule has 3 aliphatic carbocycles. The maximum Gasteiger partial charge on any atom is 0.242 e. The Kier molecular flexibility index (Phi) is 4.32. The molecule has 6 heteroatoms. The topological polar surface area (TPSA) is 76.1 Å². The van der Waals surface area contributed by atoms with Gasteiger partial charge in [-0.15, -0.1) is 0 Å². The molecule has 1 N–H and O–H groups in total. The third kappa shape index (κ3) is 2.20. The van der Waals surface area contributed by atoms with E-state index in [2.05, 4.69) is 26.0 Å². The maximum atomic E-state index is 14.7. The quantitative estimate of drug-likeness (QED) is 0.391. The van der Waals surface area contributed by atoms with Crippen LogP contribution >= 0.6 is 0 Å². The number of carbonyl (C=O) groups is 2. The third-order valence-corrected chi connectivity index (χ3v) is 9.67. The predicted octanol–water partition coefficient (Wildman–Crippen LogP) is 3.34. The zero-order valence-electron chi connectivity index (χ0n) is 19.8. The molecule has 1 amide bonds. The highest BCUT2D eigenvalue weighted by Gasteiger charge is 2.88. The number of likely N-dealkylation sites (tertiary alicyclic amines) is 1. The molecule has 0 bridgehead atoms. The van der Waals surface area contributed by atoms with Gasteiger partial charge in [0.25, 0.3) is 0 Å². The molecule has 5 rings (SSSR count). The van der Waals surface area contributed by atoms with Gasteiger partial charge in [-0.25, -0.2) is 4.89 Å². The summed E-state index contributed by atoms with van der Waals surface area (Å²) in [6, 6.07) is -0.655. The van der Waals surface area contributed by atoms with Gasteiger partial charge >= 0.3 is 0 Å². The van der Waals surface area contributed by atoms with Crippen molar-refractivity contribution in [1.29, 1.82) is 0 Å². The number of likely N-dealkylation sites (N-methyl/N-ethyl adjacent to an activating group) is 1. The van der Waals surface area contributed by atoms with Crippen LogP contribution in [0, 0.1) is 46.3 Å². The van der Waals surface area contributed by atoms with Crippen LogP contribution in [0.4, 0.5) is 0 Å². The molecule has 0 aromatic carbocycles. The van der Waals surface area contributed by atoms with Crippen molar-refractivity contribution in [2.45, 2.75) is 78.2 Å². The number of aliphatic hydroxyl groups is 1. The van der Waals surface area contributed by atoms with Gasteiger partial charge in [0, 0.05) is 18.4 Å². The fraction of sp³-hybridized carbons (Fsp3) is 0.840. The number of nitrogens with zero attached hydrogens (tertiary/aromatic N) is 1. The van der Waals surface area contributed by atoms with Crippen LogP contribution in [-0.4, -0.2) is 46.2 Å². The Bertz CT molecular complexity index is 866. The third-order valence-electron chi connectivity index (χ3n) is 9.67. The zero-order chi connectivity index (χ0) is 22.7. The van der Waals surface area contributed by atoms with Crippen LogP contribution in [0.1, 0.15) is 60.8 Å². The number of ketones is 1. The van der Waals surface area contributed by atoms with Crippen molar-refractivity contribution < 1.29 is 24.5 Å². The number of carbonyl (C=O) groups excluding carboxylic acids is 2. The molecular formula is C25H37NO5. The number of allylic oxidation sites excluding steroid dienone is 2. The van der Waals surface area contributed by atoms with E-state index in [1.54, 1.807) is 11.9 Å². The van der Waals surface area contributed by atoms with Gasteiger partial charge in [-0.3, -0.25) is 9.59 Å². The summed E-state index contributed by atoms with van der Waals surface area (Å²) in [6.45, 7) is 12.0. The van der Waals surface area contributed by atoms with E-state index in [1.807, 2.05) is 27.7 Å². The maximum absolute atomic E-state index is 14.7. The van der Waals surface area contributed by atoms with Crippen molar-refractivity contribution >= 4 is 11.7 Å². The summed E-state index contributed by atoms with van der Waals surface area (Å²) in [5.41, 5.74) is -3.28. The van der Waals surface area contributed by atoms with Crippen LogP contribution in [0.2, 0.25) is 0 Å². The lowest BCUT2D eigenvalue weighted by molar-refractivity contribution is -0.515. The summed E-state index contributed by atoms with van der Waals surface area (Å²) < 4.78 is 0. The van der Waals surface area contributed by atoms with Crippen LogP contribution in [0.25, 0.3) is 0 Å². The van der Waals surface area contributed by atoms with Gasteiger partial charge in [0.2, 0.25) is 11.7 Å². The second-order valence-electron chi connectivity index (χ2n) is 12.1. The van der Waals surface area contributed by atoms with E-state index >= 15 is 0 Å². The van der Waals surface area contributed by atoms with E-state index in [0.717, 1.165) is 19.3 Å². The van der Waals surface area contributed by atoms with Crippen LogP contribution in [0.5, 0.6) is 0 Å². The van der Waals surface area contributed by atoms with Gasteiger partial charge in [0.1, 0.15) is 5.60 Å². The number of Topliss-reactive ketones (excluding diaryl/α,β-unsaturated/α-hetero) is 1. The fourth-order valence-corrected chi connectivity index (χ4v) is 8.56. The van der Waals surface area contributed by atoms with E-state index in [9.17, 15) is 14.7 Å². The van der Waals surface area contributed by atoms with Crippen molar-refractivity contribution in [2.24, 2.45) is 46.3 Å². The van der Waals surface area contributed by atoms with Crippen LogP contribution < -0.4 is 0 Å². The van der Waals surface area contributed by atoms with Crippen molar-refractivity contribution in [1.82, 2.24) is 4.90 Å². The Morgan fingerprint density at radius 1 is 1.13 bits per heavy atom. The van der Waals surface area contributed by atoms with E-state index in [-0.39, 0.29) is 29.4 Å². The lowest BCUT2D eigenvalue weighted by Gasteiger charge is -2.52. The molecule has 6 nitrogen and oxygen atoms in total. The second kappa shape index (κ2) is 6.21. The lowest BCUT2D eigenvalue weighted by atomic mass is 9.54. The first-order chi connectivity index (χ1) is 14.3. The van der Waals surface area contributed by atoms with Gasteiger partial charge in [-0.05, 0) is 56.3 Å². The molecule has 4 fully saturated rings. The molecule has 9 atom stereocenters. The van der Waals surface area contributed by atoms with Gasteiger partial charge in [-0.1, -0.05) is 46.3 Å². The molecule has 0 aromatic heterocycles. The van der Waals surface area contributed by atoms with E-state index in [1.165, 1.54) is 0 Å². The molecule has 5 aliphatic rings. The minimum absolute atomic E-state index is 0.106. The summed E-state index contributed by atoms with van der Waals surface area (Å²) in [4.78, 5) is 41.9. The first-order valence-corrected chi connectivity index (χ1v) is 11.9. The summed E-state index contributed by atoms with van der Waals surface area (Å²) in [7, 11) is 1.68. The Morgan fingerprint density at radius 3 is 2.45 bits per heavy atom. The Morgan fingerprint density at radius 2 is 1.81 bits per heavy atom. The average Bonchev–Trinajstić information content (AvgIpc) is 3.01. The molecule has 0 radical (unpaired) electrons. The Labute approximate surface area is 185 Å². The highest BCUT2D eigenvalue weighted by Crippen LogP contribution is 2.73. The minimum Gasteiger partial charge on any atom is -0.361 e. The molecule has 2 aliphatic heterocycles. The van der Waals surface area contributed by atoms with E-state index < -0.39 is 34.2 Å². The van der Waals surface area contributed by atoms with Gasteiger partial charge in [0.05, 0.1) is 6.04 Å². The molecule has 31 heavy (non-hydrogen) atoms. The van der Waals surface area contributed by atoms with E-state index in [4.69, 9.17) is 9.78 Å². The molecule has 2 heterocycles. The first-order valence-electron chi connectivity index (χ1n) is 11.9. The largest absolute Gasteiger partial charge is 0.361 e. The van der Waals surface area contributed by atoms with Gasteiger partial charge < -0.3 is 10.0 Å². The molecule has 2 saturated heterocycles. The zero-order valence-corrected chi connectivity index (χ0v) is 19.8. The molecule has 0 aromatic rings. The molecular weight excluding hydrogens is 394 g/mol. The van der Waals surface area contributed by atoms with Crippen LogP contribution in [0.3, 0.4) is 0 Å². The number of rotatable bonds is 1. The molecule has 172 valence electrons. The average molecular weight is 432 g/mol. The predicted molar refractivity (Wildman–Crippen MR) is 114 cm³/mol. The Balaban J connectivity index is 1.76. The van der Waals surface area contributed by atoms with Crippen molar-refractivity contribution in [3.8, 4) is 0 Å². The van der Waals surface area contributed by atoms with Crippen molar-refractivity contribution in [3.63, 3.8) is 0 Å². The number of hydrogen-bond acceptors (Lipinski definition) is 5. The summed E-state index contributed by atoms with van der Waals surface area (Å²) in [6.07, 6.45) is 7.58. The van der Waals surface area contributed by atoms with Crippen LogP contribution in [-0.2, 0) is 19.4 Å². The lowest BCUT2D eigenvalue weighted by Crippen LogP contribution is -2.69. The Hall–Kier alpha value is -1.24. The fourth-order valence-electron chi connectivity index (χ4n) is 8.56. The van der Waals surface area contributed by atoms with Gasteiger partial charge in [-0.2, -0.15) is 4.89 Å². The normalized spacial score (nSPS) is 52.7. The SMILES string of the molecule is CC(C)[C@@H]1N(C)C(=O)[C@@]23C(=O)[C@@]4(C)[C@@H]5CC[C@@H](C)C[C@H]5C=C[C@H]4[C@@H]2C(C)(C)OO[C@@]13O. The monoisotopic (exact) mass is 431 g/mol. The van der Waals surface area contributed by atoms with Gasteiger partial charge in [0.15, 0.2) is 11.2 Å². The standard InChI is InChI=1S/C25H37NO5/c1-13(2)19-25(29)24(21(28)26(19)7)18(22(4,5)30-31-25)17-11-9-15-12-14(3)8-10-16(15)23(17,6)20(24)27/h9,11,13-19,29H,8,10,12H2,1-7H3/t14-,15-,16-,17+,18-,19+,23+,24+,25+/m1/s1. The first kappa shape index (κ1) is 21.6.